The van der Waals surface area contributed by atoms with E-state index in [0.29, 0.717) is 0 Å². The van der Waals surface area contributed by atoms with E-state index in [1.54, 1.807) is 0 Å². The topological polar surface area (TPSA) is 179 Å². The minimum atomic E-state index is -1.51. The molecule has 202 valence electrons. The van der Waals surface area contributed by atoms with Gasteiger partial charge >= 0.3 is 35.8 Å². The van der Waals surface area contributed by atoms with Crippen molar-refractivity contribution in [1.29, 1.82) is 0 Å². The highest BCUT2D eigenvalue weighted by Crippen LogP contribution is 2.28. The molecule has 14 nitrogen and oxygen atoms in total. The lowest BCUT2D eigenvalue weighted by molar-refractivity contribution is -0.270. The second-order valence-corrected chi connectivity index (χ2v) is 7.29. The van der Waals surface area contributed by atoms with Crippen molar-refractivity contribution in [2.24, 2.45) is 0 Å². The van der Waals surface area contributed by atoms with Crippen molar-refractivity contribution in [1.82, 2.24) is 5.32 Å². The van der Waals surface area contributed by atoms with Crippen LogP contribution in [0.2, 0.25) is 0 Å². The van der Waals surface area contributed by atoms with Crippen LogP contribution >= 0.6 is 0 Å². The van der Waals surface area contributed by atoms with Crippen molar-refractivity contribution in [2.45, 2.75) is 72.2 Å². The normalized spacial score (nSPS) is 22.8. The average molecular weight is 517 g/mol. The van der Waals surface area contributed by atoms with Gasteiger partial charge in [-0.1, -0.05) is 0 Å². The summed E-state index contributed by atoms with van der Waals surface area (Å²) in [5.41, 5.74) is -0.548. The summed E-state index contributed by atoms with van der Waals surface area (Å²) in [6.07, 6.45) is -4.55. The molecule has 1 aliphatic rings. The van der Waals surface area contributed by atoms with Crippen LogP contribution in [0.4, 0.5) is 0 Å². The van der Waals surface area contributed by atoms with E-state index in [4.69, 9.17) is 33.2 Å². The quantitative estimate of drug-likeness (QED) is 0.124. The fraction of sp³-hybridized carbons (Fsp3) is 0.636. The number of ether oxygens (including phenoxy) is 7. The lowest BCUT2D eigenvalue weighted by Crippen LogP contribution is -2.65. The highest BCUT2D eigenvalue weighted by Gasteiger charge is 2.51. The summed E-state index contributed by atoms with van der Waals surface area (Å²) in [6.45, 7) is 6.93. The van der Waals surface area contributed by atoms with Gasteiger partial charge in [0.2, 0.25) is 6.29 Å². The van der Waals surface area contributed by atoms with E-state index in [-0.39, 0.29) is 13.2 Å². The second-order valence-electron chi connectivity index (χ2n) is 7.29. The molecule has 0 bridgehead atoms. The molecule has 0 aliphatic carbocycles. The third-order valence-electron chi connectivity index (χ3n) is 4.39. The van der Waals surface area contributed by atoms with Gasteiger partial charge in [0.15, 0.2) is 17.8 Å². The molecular weight excluding hydrogens is 486 g/mol. The van der Waals surface area contributed by atoms with E-state index in [1.807, 2.05) is 0 Å². The van der Waals surface area contributed by atoms with Crippen molar-refractivity contribution in [3.05, 3.63) is 11.8 Å². The van der Waals surface area contributed by atoms with Gasteiger partial charge in [0.1, 0.15) is 18.8 Å². The summed E-state index contributed by atoms with van der Waals surface area (Å²) in [7, 11) is 0. The summed E-state index contributed by atoms with van der Waals surface area (Å²) < 4.78 is 36.3. The largest absolute Gasteiger partial charge is 0.463 e. The Morgan fingerprint density at radius 1 is 0.722 bits per heavy atom. The van der Waals surface area contributed by atoms with Crippen LogP contribution in [0.15, 0.2) is 11.8 Å². The number of carbonyl (C=O) groups excluding carboxylic acids is 6. The van der Waals surface area contributed by atoms with E-state index < -0.39 is 78.6 Å². The van der Waals surface area contributed by atoms with Crippen LogP contribution in [0.3, 0.4) is 0 Å². The first kappa shape index (κ1) is 30.4. The van der Waals surface area contributed by atoms with Gasteiger partial charge in [-0.3, -0.25) is 19.2 Å². The predicted octanol–water partition coefficient (Wildman–Crippen LogP) is -0.331. The minimum Gasteiger partial charge on any atom is -0.463 e. The van der Waals surface area contributed by atoms with Crippen LogP contribution in [0.25, 0.3) is 0 Å². The minimum absolute atomic E-state index is 0.0411. The van der Waals surface area contributed by atoms with Gasteiger partial charge in [-0.25, -0.2) is 9.59 Å². The van der Waals surface area contributed by atoms with Crippen molar-refractivity contribution in [3.63, 3.8) is 0 Å². The van der Waals surface area contributed by atoms with Gasteiger partial charge in [0.05, 0.1) is 13.2 Å². The molecule has 1 N–H and O–H groups in total. The summed E-state index contributed by atoms with van der Waals surface area (Å²) >= 11 is 0. The summed E-state index contributed by atoms with van der Waals surface area (Å²) in [6, 6.07) is -1.31. The molecule has 0 spiro atoms. The molecule has 1 saturated heterocycles. The van der Waals surface area contributed by atoms with Gasteiger partial charge in [-0.15, -0.1) is 0 Å². The Bertz CT molecular complexity index is 848. The van der Waals surface area contributed by atoms with E-state index in [9.17, 15) is 28.8 Å². The smallest absolute Gasteiger partial charge is 0.347 e. The zero-order valence-corrected chi connectivity index (χ0v) is 20.9. The third kappa shape index (κ3) is 9.52. The van der Waals surface area contributed by atoms with Gasteiger partial charge in [0, 0.05) is 33.9 Å². The number of hydrogen-bond donors (Lipinski definition) is 1. The number of nitrogens with one attached hydrogen (secondary N) is 1. The highest BCUT2D eigenvalue weighted by atomic mass is 16.7. The SMILES string of the molecule is CCOC(=O)C(=CN[C@H]1[C@@H](OC(C)=O)O[C@H](COC(C)=O)[C@H](OC(C)=O)[C@@H]1OC(C)=O)C(=O)OCC. The predicted molar refractivity (Wildman–Crippen MR) is 116 cm³/mol. The molecule has 14 heteroatoms. The molecule has 36 heavy (non-hydrogen) atoms. The van der Waals surface area contributed by atoms with Crippen molar-refractivity contribution in [2.75, 3.05) is 19.8 Å². The first-order valence-electron chi connectivity index (χ1n) is 11.0. The first-order valence-corrected chi connectivity index (χ1v) is 11.0. The summed E-state index contributed by atoms with van der Waals surface area (Å²) in [4.78, 5) is 71.5. The molecular formula is C22H31NO13. The second kappa shape index (κ2) is 14.7. The molecule has 5 atom stereocenters. The standard InChI is InChI=1S/C22H31NO13/c1-7-30-20(28)15(21(29)31-8-2)9-23-17-19(34-13(5)26)18(33-12(4)25)16(10-32-11(3)24)36-22(17)35-14(6)27/h9,16-19,22-23H,7-8,10H2,1-6H3/t16-,17-,18+,19-,22+/m1/s1. The first-order chi connectivity index (χ1) is 16.9. The van der Waals surface area contributed by atoms with E-state index in [0.717, 1.165) is 33.9 Å². The number of carbonyl (C=O) groups is 6. The van der Waals surface area contributed by atoms with Crippen LogP contribution in [-0.2, 0) is 61.9 Å². The maximum atomic E-state index is 12.3. The Balaban J connectivity index is 3.52. The van der Waals surface area contributed by atoms with Crippen LogP contribution < -0.4 is 5.32 Å². The lowest BCUT2D eigenvalue weighted by Gasteiger charge is -2.44. The molecule has 0 aromatic rings. The van der Waals surface area contributed by atoms with Gasteiger partial charge in [0.25, 0.3) is 0 Å². The maximum absolute atomic E-state index is 12.3. The fourth-order valence-electron chi connectivity index (χ4n) is 3.14. The maximum Gasteiger partial charge on any atom is 0.347 e. The zero-order chi connectivity index (χ0) is 27.4. The van der Waals surface area contributed by atoms with E-state index >= 15 is 0 Å². The van der Waals surface area contributed by atoms with Crippen LogP contribution in [0.5, 0.6) is 0 Å². The van der Waals surface area contributed by atoms with Crippen LogP contribution in [-0.4, -0.2) is 86.3 Å². The van der Waals surface area contributed by atoms with Crippen molar-refractivity contribution >= 4 is 35.8 Å². The monoisotopic (exact) mass is 517 g/mol. The molecule has 0 radical (unpaired) electrons. The van der Waals surface area contributed by atoms with Crippen molar-refractivity contribution in [3.8, 4) is 0 Å². The Hall–Kier alpha value is -3.68. The molecule has 1 aliphatic heterocycles. The molecule has 0 aromatic carbocycles. The van der Waals surface area contributed by atoms with E-state index in [1.165, 1.54) is 13.8 Å². The van der Waals surface area contributed by atoms with E-state index in [2.05, 4.69) is 5.32 Å². The van der Waals surface area contributed by atoms with Crippen LogP contribution in [0, 0.1) is 0 Å². The van der Waals surface area contributed by atoms with Crippen molar-refractivity contribution < 1.29 is 61.9 Å². The fourth-order valence-corrected chi connectivity index (χ4v) is 3.14. The van der Waals surface area contributed by atoms with Gasteiger partial charge < -0.3 is 38.5 Å². The molecule has 0 saturated carbocycles. The molecule has 0 aromatic heterocycles. The molecule has 0 amide bonds. The third-order valence-corrected chi connectivity index (χ3v) is 4.39. The van der Waals surface area contributed by atoms with Crippen LogP contribution in [0.1, 0.15) is 41.5 Å². The Morgan fingerprint density at radius 2 is 1.22 bits per heavy atom. The highest BCUT2D eigenvalue weighted by molar-refractivity contribution is 6.13. The number of esters is 6. The lowest BCUT2D eigenvalue weighted by atomic mass is 9.96. The Labute approximate surface area is 207 Å². The molecule has 0 unspecified atom stereocenters. The summed E-state index contributed by atoms with van der Waals surface area (Å²) in [5, 5.41) is 2.66. The molecule has 1 rings (SSSR count). The molecule has 1 heterocycles. The average Bonchev–Trinajstić information content (AvgIpc) is 2.75. The Morgan fingerprint density at radius 3 is 1.67 bits per heavy atom. The zero-order valence-electron chi connectivity index (χ0n) is 20.9. The Kier molecular flexibility index (Phi) is 12.4. The summed E-state index contributed by atoms with van der Waals surface area (Å²) in [5.74, 6) is -5.10. The number of hydrogen-bond acceptors (Lipinski definition) is 14. The van der Waals surface area contributed by atoms with Gasteiger partial charge in [-0.05, 0) is 13.8 Å². The van der Waals surface area contributed by atoms with Gasteiger partial charge in [-0.2, -0.15) is 0 Å². The molecule has 1 fully saturated rings. The number of rotatable bonds is 11.